The van der Waals surface area contributed by atoms with Gasteiger partial charge in [-0.15, -0.1) is 5.10 Å². The summed E-state index contributed by atoms with van der Waals surface area (Å²) in [6.07, 6.45) is 0. The lowest BCUT2D eigenvalue weighted by atomic mass is 10.2. The molecule has 33 heavy (non-hydrogen) atoms. The first-order chi connectivity index (χ1) is 15.9. The van der Waals surface area contributed by atoms with Gasteiger partial charge in [-0.25, -0.2) is 18.4 Å². The quantitative estimate of drug-likeness (QED) is 0.442. The van der Waals surface area contributed by atoms with Crippen LogP contribution in [0.1, 0.15) is 34.6 Å². The van der Waals surface area contributed by atoms with Crippen LogP contribution in [-0.2, 0) is 6.54 Å². The van der Waals surface area contributed by atoms with Gasteiger partial charge in [0.25, 0.3) is 5.91 Å². The Balaban J connectivity index is 1.55. The van der Waals surface area contributed by atoms with Crippen LogP contribution in [-0.4, -0.2) is 32.5 Å². The van der Waals surface area contributed by atoms with Crippen molar-refractivity contribution in [2.45, 2.75) is 27.3 Å². The van der Waals surface area contributed by atoms with Gasteiger partial charge in [0, 0.05) is 6.07 Å². The van der Waals surface area contributed by atoms with E-state index in [-0.39, 0.29) is 17.9 Å². The van der Waals surface area contributed by atoms with Crippen molar-refractivity contribution in [3.63, 3.8) is 0 Å². The fourth-order valence-corrected chi connectivity index (χ4v) is 3.25. The molecule has 0 atom stereocenters. The number of rotatable bonds is 7. The monoisotopic (exact) mass is 453 g/mol. The lowest BCUT2D eigenvalue weighted by Gasteiger charge is -2.06. The number of oxazole rings is 1. The minimum atomic E-state index is -0.883. The molecule has 0 bridgehead atoms. The maximum absolute atomic E-state index is 13.9. The molecule has 0 aliphatic carbocycles. The van der Waals surface area contributed by atoms with E-state index in [0.29, 0.717) is 41.5 Å². The Kier molecular flexibility index (Phi) is 6.16. The fourth-order valence-electron chi connectivity index (χ4n) is 3.25. The van der Waals surface area contributed by atoms with Crippen LogP contribution in [0, 0.1) is 25.5 Å². The minimum absolute atomic E-state index is 0.0155. The molecule has 170 valence electrons. The summed E-state index contributed by atoms with van der Waals surface area (Å²) in [4.78, 5) is 17.1. The number of halogens is 2. The molecule has 0 saturated carbocycles. The smallest absolute Gasteiger partial charge is 0.278 e. The second-order valence-corrected chi connectivity index (χ2v) is 7.21. The van der Waals surface area contributed by atoms with Gasteiger partial charge >= 0.3 is 0 Å². The van der Waals surface area contributed by atoms with Gasteiger partial charge in [-0.1, -0.05) is 17.3 Å². The van der Waals surface area contributed by atoms with Gasteiger partial charge in [-0.2, -0.15) is 0 Å². The maximum Gasteiger partial charge on any atom is 0.278 e. The highest BCUT2D eigenvalue weighted by Crippen LogP contribution is 2.30. The van der Waals surface area contributed by atoms with Gasteiger partial charge in [-0.05, 0) is 45.0 Å². The summed E-state index contributed by atoms with van der Waals surface area (Å²) in [5, 5.41) is 10.3. The molecule has 0 aliphatic rings. The first kappa shape index (κ1) is 22.1. The summed E-state index contributed by atoms with van der Waals surface area (Å²) in [6, 6.07) is 10.3. The lowest BCUT2D eigenvalue weighted by molar-refractivity contribution is 0.102. The molecule has 4 rings (SSSR count). The van der Waals surface area contributed by atoms with E-state index in [1.807, 2.05) is 31.2 Å². The number of benzene rings is 2. The predicted octanol–water partition coefficient (Wildman–Crippen LogP) is 4.53. The zero-order chi connectivity index (χ0) is 23.5. The zero-order valence-corrected chi connectivity index (χ0v) is 18.2. The molecule has 2 aromatic carbocycles. The third kappa shape index (κ3) is 4.59. The topological polar surface area (TPSA) is 95.1 Å². The van der Waals surface area contributed by atoms with E-state index in [9.17, 15) is 13.6 Å². The average molecular weight is 453 g/mol. The number of anilines is 1. The Morgan fingerprint density at radius 1 is 1.18 bits per heavy atom. The van der Waals surface area contributed by atoms with E-state index in [2.05, 4.69) is 20.6 Å². The van der Waals surface area contributed by atoms with Crippen LogP contribution in [0.5, 0.6) is 5.75 Å². The summed E-state index contributed by atoms with van der Waals surface area (Å²) >= 11 is 0. The van der Waals surface area contributed by atoms with Crippen molar-refractivity contribution in [2.24, 2.45) is 0 Å². The molecule has 8 nitrogen and oxygen atoms in total. The molecular formula is C23H21F2N5O3. The van der Waals surface area contributed by atoms with Crippen LogP contribution in [0.4, 0.5) is 14.5 Å². The number of aromatic nitrogens is 4. The molecule has 2 aromatic heterocycles. The molecule has 4 aromatic rings. The molecule has 0 spiro atoms. The minimum Gasteiger partial charge on any atom is -0.493 e. The van der Waals surface area contributed by atoms with Gasteiger partial charge < -0.3 is 14.5 Å². The van der Waals surface area contributed by atoms with E-state index in [4.69, 9.17) is 9.15 Å². The summed E-state index contributed by atoms with van der Waals surface area (Å²) in [5.74, 6) is -0.617. The Morgan fingerprint density at radius 3 is 2.73 bits per heavy atom. The highest BCUT2D eigenvalue weighted by atomic mass is 19.1. The standard InChI is InChI=1S/C23H21F2N5O3/c1-4-32-20-8-6-5-7-16(20)23-27-19(14(3)33-23)12-30-13(2)21(28-29-30)22(31)26-18-10-9-15(24)11-17(18)25/h5-11H,4,12H2,1-3H3,(H,26,31). The molecule has 10 heteroatoms. The third-order valence-corrected chi connectivity index (χ3v) is 4.99. The van der Waals surface area contributed by atoms with Crippen molar-refractivity contribution < 1.29 is 22.7 Å². The molecule has 1 N–H and O–H groups in total. The molecule has 0 radical (unpaired) electrons. The van der Waals surface area contributed by atoms with Crippen molar-refractivity contribution in [3.8, 4) is 17.2 Å². The fraction of sp³-hybridized carbons (Fsp3) is 0.217. The van der Waals surface area contributed by atoms with E-state index in [0.717, 1.165) is 17.7 Å². The number of carbonyl (C=O) groups is 1. The van der Waals surface area contributed by atoms with E-state index >= 15 is 0 Å². The van der Waals surface area contributed by atoms with Crippen LogP contribution >= 0.6 is 0 Å². The van der Waals surface area contributed by atoms with Crippen LogP contribution in [0.15, 0.2) is 46.9 Å². The van der Waals surface area contributed by atoms with Crippen LogP contribution < -0.4 is 10.1 Å². The normalized spacial score (nSPS) is 10.9. The number of hydrogen-bond acceptors (Lipinski definition) is 6. The SMILES string of the molecule is CCOc1ccccc1-c1nc(Cn2nnc(C(=O)Nc3ccc(F)cc3F)c2C)c(C)o1. The van der Waals surface area contributed by atoms with E-state index in [1.54, 1.807) is 13.8 Å². The van der Waals surface area contributed by atoms with Gasteiger partial charge in [0.1, 0.15) is 28.8 Å². The molecule has 0 fully saturated rings. The van der Waals surface area contributed by atoms with Crippen LogP contribution in [0.3, 0.4) is 0 Å². The second kappa shape index (κ2) is 9.19. The van der Waals surface area contributed by atoms with Crippen molar-refractivity contribution in [1.82, 2.24) is 20.0 Å². The number of carbonyl (C=O) groups excluding carboxylic acids is 1. The summed E-state index contributed by atoms with van der Waals surface area (Å²) < 4.78 is 39.9. The van der Waals surface area contributed by atoms with Crippen molar-refractivity contribution >= 4 is 11.6 Å². The molecule has 0 unspecified atom stereocenters. The number of nitrogens with one attached hydrogen (secondary N) is 1. The number of amides is 1. The van der Waals surface area contributed by atoms with Gasteiger partial charge in [0.2, 0.25) is 5.89 Å². The van der Waals surface area contributed by atoms with Crippen molar-refractivity contribution in [1.29, 1.82) is 0 Å². The highest BCUT2D eigenvalue weighted by molar-refractivity contribution is 6.03. The first-order valence-corrected chi connectivity index (χ1v) is 10.2. The highest BCUT2D eigenvalue weighted by Gasteiger charge is 2.21. The predicted molar refractivity (Wildman–Crippen MR) is 116 cm³/mol. The Labute approximate surface area is 188 Å². The molecule has 0 aliphatic heterocycles. The second-order valence-electron chi connectivity index (χ2n) is 7.21. The number of nitrogens with zero attached hydrogens (tertiary/aromatic N) is 4. The number of hydrogen-bond donors (Lipinski definition) is 1. The first-order valence-electron chi connectivity index (χ1n) is 10.2. The maximum atomic E-state index is 13.9. The van der Waals surface area contributed by atoms with E-state index < -0.39 is 17.5 Å². The van der Waals surface area contributed by atoms with Gasteiger partial charge in [-0.3, -0.25) is 4.79 Å². The van der Waals surface area contributed by atoms with Crippen LogP contribution in [0.2, 0.25) is 0 Å². The van der Waals surface area contributed by atoms with Crippen molar-refractivity contribution in [2.75, 3.05) is 11.9 Å². The zero-order valence-electron chi connectivity index (χ0n) is 18.2. The van der Waals surface area contributed by atoms with Gasteiger partial charge in [0.05, 0.1) is 30.1 Å². The van der Waals surface area contributed by atoms with Crippen molar-refractivity contribution in [3.05, 3.63) is 76.9 Å². The van der Waals surface area contributed by atoms with E-state index in [1.165, 1.54) is 4.68 Å². The number of ether oxygens (including phenoxy) is 1. The summed E-state index contributed by atoms with van der Waals surface area (Å²) in [5.41, 5.74) is 1.65. The number of aryl methyl sites for hydroxylation is 1. The third-order valence-electron chi connectivity index (χ3n) is 4.99. The van der Waals surface area contributed by atoms with Crippen LogP contribution in [0.25, 0.3) is 11.5 Å². The molecular weight excluding hydrogens is 432 g/mol. The molecule has 2 heterocycles. The lowest BCUT2D eigenvalue weighted by Crippen LogP contribution is -2.15. The largest absolute Gasteiger partial charge is 0.493 e. The Morgan fingerprint density at radius 2 is 1.97 bits per heavy atom. The summed E-state index contributed by atoms with van der Waals surface area (Å²) in [7, 11) is 0. The molecule has 0 saturated heterocycles. The Hall–Kier alpha value is -4.08. The Bertz CT molecular complexity index is 1320. The molecule has 1 amide bonds. The van der Waals surface area contributed by atoms with Gasteiger partial charge in [0.15, 0.2) is 5.69 Å². The average Bonchev–Trinajstić information content (AvgIpc) is 3.33. The summed E-state index contributed by atoms with van der Waals surface area (Å²) in [6.45, 7) is 6.06. The number of para-hydroxylation sites is 1.